The molecule has 0 spiro atoms. The molecule has 33 heavy (non-hydrogen) atoms. The van der Waals surface area contributed by atoms with E-state index in [9.17, 15) is 22.6 Å². The SMILES string of the molecule is CCCCCCC(CC)COC(=O)CC(C(=O)OCC(CC)CCCCCC)S(=O)(=O)[O-].[Na+]. The van der Waals surface area contributed by atoms with Gasteiger partial charge in [-0.1, -0.05) is 91.9 Å². The molecule has 3 unspecified atom stereocenters. The molecule has 0 aliphatic carbocycles. The van der Waals surface area contributed by atoms with Crippen LogP contribution in [-0.2, 0) is 29.2 Å². The molecule has 0 saturated heterocycles. The molecule has 0 N–H and O–H groups in total. The summed E-state index contributed by atoms with van der Waals surface area (Å²) in [4.78, 5) is 24.5. The van der Waals surface area contributed by atoms with Gasteiger partial charge in [0.05, 0.1) is 19.6 Å². The minimum atomic E-state index is -5.03. The Morgan fingerprint density at radius 3 is 1.61 bits per heavy atom. The Kier molecular flexibility index (Phi) is 22.5. The third kappa shape index (κ3) is 17.9. The molecule has 0 rings (SSSR count). The number of esters is 2. The van der Waals surface area contributed by atoms with Crippen LogP contribution in [0.15, 0.2) is 0 Å². The third-order valence-electron chi connectivity index (χ3n) is 5.99. The maximum Gasteiger partial charge on any atom is 1.00 e. The summed E-state index contributed by atoms with van der Waals surface area (Å²) >= 11 is 0. The van der Waals surface area contributed by atoms with Crippen LogP contribution in [0, 0.1) is 11.8 Å². The molecular formula is C24H45NaO7S. The van der Waals surface area contributed by atoms with Crippen molar-refractivity contribution in [2.75, 3.05) is 13.2 Å². The van der Waals surface area contributed by atoms with Gasteiger partial charge in [-0.3, -0.25) is 9.59 Å². The number of hydrogen-bond acceptors (Lipinski definition) is 7. The predicted molar refractivity (Wildman–Crippen MR) is 125 cm³/mol. The molecule has 0 bridgehead atoms. The molecule has 9 heteroatoms. The topological polar surface area (TPSA) is 110 Å². The molecule has 0 aliphatic rings. The van der Waals surface area contributed by atoms with Crippen molar-refractivity contribution in [3.05, 3.63) is 0 Å². The Balaban J connectivity index is 0. The number of carbonyl (C=O) groups excluding carboxylic acids is 2. The summed E-state index contributed by atoms with van der Waals surface area (Å²) in [6, 6.07) is 0. The van der Waals surface area contributed by atoms with E-state index in [1.54, 1.807) is 0 Å². The summed E-state index contributed by atoms with van der Waals surface area (Å²) in [5.74, 6) is -1.72. The van der Waals surface area contributed by atoms with Crippen LogP contribution in [0.3, 0.4) is 0 Å². The molecule has 0 aromatic carbocycles. The maximum absolute atomic E-state index is 12.3. The molecule has 190 valence electrons. The molecular weight excluding hydrogens is 455 g/mol. The number of ether oxygens (including phenoxy) is 2. The van der Waals surface area contributed by atoms with Crippen molar-refractivity contribution >= 4 is 22.1 Å². The van der Waals surface area contributed by atoms with E-state index in [2.05, 4.69) is 13.8 Å². The van der Waals surface area contributed by atoms with Gasteiger partial charge in [0.1, 0.15) is 10.1 Å². The maximum atomic E-state index is 12.3. The van der Waals surface area contributed by atoms with Crippen molar-refractivity contribution in [2.45, 2.75) is 116 Å². The number of unbranched alkanes of at least 4 members (excludes halogenated alkanes) is 6. The van der Waals surface area contributed by atoms with E-state index in [1.807, 2.05) is 13.8 Å². The smallest absolute Gasteiger partial charge is 0.747 e. The number of hydrogen-bond donors (Lipinski definition) is 0. The number of rotatable bonds is 20. The van der Waals surface area contributed by atoms with Gasteiger partial charge in [-0.2, -0.15) is 0 Å². The zero-order valence-corrected chi connectivity index (χ0v) is 24.4. The molecule has 0 heterocycles. The largest absolute Gasteiger partial charge is 1.00 e. The van der Waals surface area contributed by atoms with Crippen LogP contribution in [0.4, 0.5) is 0 Å². The average molecular weight is 501 g/mol. The zero-order valence-electron chi connectivity index (χ0n) is 21.6. The van der Waals surface area contributed by atoms with E-state index in [1.165, 1.54) is 6.42 Å². The summed E-state index contributed by atoms with van der Waals surface area (Å²) < 4.78 is 45.1. The molecule has 0 amide bonds. The van der Waals surface area contributed by atoms with E-state index in [4.69, 9.17) is 9.47 Å². The second-order valence-electron chi connectivity index (χ2n) is 8.75. The summed E-state index contributed by atoms with van der Waals surface area (Å²) in [7, 11) is -5.03. The van der Waals surface area contributed by atoms with E-state index >= 15 is 0 Å². The molecule has 3 atom stereocenters. The molecule has 0 saturated carbocycles. The van der Waals surface area contributed by atoms with Gasteiger partial charge in [-0.25, -0.2) is 8.42 Å². The average Bonchev–Trinajstić information content (AvgIpc) is 2.75. The molecule has 0 aromatic rings. The Morgan fingerprint density at radius 2 is 1.21 bits per heavy atom. The van der Waals surface area contributed by atoms with E-state index in [0.717, 1.165) is 70.6 Å². The quantitative estimate of drug-likeness (QED) is 0.109. The van der Waals surface area contributed by atoms with E-state index in [-0.39, 0.29) is 54.6 Å². The predicted octanol–water partition coefficient (Wildman–Crippen LogP) is 2.37. The van der Waals surface area contributed by atoms with Crippen LogP contribution in [-0.4, -0.2) is 43.4 Å². The fraction of sp³-hybridized carbons (Fsp3) is 0.917. The third-order valence-corrected chi connectivity index (χ3v) is 7.05. The van der Waals surface area contributed by atoms with Gasteiger partial charge in [0.15, 0.2) is 5.25 Å². The second kappa shape index (κ2) is 21.2. The second-order valence-corrected chi connectivity index (χ2v) is 10.3. The van der Waals surface area contributed by atoms with Crippen molar-refractivity contribution in [3.63, 3.8) is 0 Å². The fourth-order valence-corrected chi connectivity index (χ4v) is 4.19. The van der Waals surface area contributed by atoms with E-state index in [0.29, 0.717) is 0 Å². The van der Waals surface area contributed by atoms with Crippen LogP contribution < -0.4 is 29.6 Å². The van der Waals surface area contributed by atoms with Crippen molar-refractivity contribution in [1.82, 2.24) is 0 Å². The first kappa shape index (κ1) is 35.0. The first-order valence-electron chi connectivity index (χ1n) is 12.5. The molecule has 0 aliphatic heterocycles. The van der Waals surface area contributed by atoms with Gasteiger partial charge in [0.25, 0.3) is 0 Å². The van der Waals surface area contributed by atoms with Crippen LogP contribution in [0.5, 0.6) is 0 Å². The van der Waals surface area contributed by atoms with Gasteiger partial charge in [-0.15, -0.1) is 0 Å². The van der Waals surface area contributed by atoms with Crippen LogP contribution in [0.1, 0.15) is 111 Å². The van der Waals surface area contributed by atoms with Gasteiger partial charge in [0.2, 0.25) is 0 Å². The Hall–Kier alpha value is -0.150. The first-order chi connectivity index (χ1) is 15.2. The minimum Gasteiger partial charge on any atom is -0.747 e. The zero-order chi connectivity index (χ0) is 24.4. The molecule has 0 radical (unpaired) electrons. The minimum absolute atomic E-state index is 0. The Labute approximate surface area is 224 Å². The normalized spacial score (nSPS) is 14.1. The van der Waals surface area contributed by atoms with Crippen molar-refractivity contribution in [1.29, 1.82) is 0 Å². The molecule has 0 fully saturated rings. The monoisotopic (exact) mass is 500 g/mol. The van der Waals surface area contributed by atoms with Crippen LogP contribution in [0.2, 0.25) is 0 Å². The fourth-order valence-electron chi connectivity index (χ4n) is 3.55. The van der Waals surface area contributed by atoms with Crippen molar-refractivity contribution in [3.8, 4) is 0 Å². The van der Waals surface area contributed by atoms with Crippen LogP contribution >= 0.6 is 0 Å². The summed E-state index contributed by atoms with van der Waals surface area (Å²) in [5.41, 5.74) is 0. The van der Waals surface area contributed by atoms with Crippen molar-refractivity contribution < 1.29 is 61.6 Å². The molecule has 7 nitrogen and oxygen atoms in total. The Bertz CT molecular complexity index is 610. The van der Waals surface area contributed by atoms with Gasteiger partial charge in [-0.05, 0) is 24.7 Å². The van der Waals surface area contributed by atoms with Crippen molar-refractivity contribution in [2.24, 2.45) is 11.8 Å². The summed E-state index contributed by atoms with van der Waals surface area (Å²) in [6.45, 7) is 8.47. The van der Waals surface area contributed by atoms with Gasteiger partial charge < -0.3 is 14.0 Å². The van der Waals surface area contributed by atoms with E-state index < -0.39 is 33.7 Å². The number of carbonyl (C=O) groups is 2. The summed E-state index contributed by atoms with van der Waals surface area (Å²) in [5, 5.41) is -2.06. The first-order valence-corrected chi connectivity index (χ1v) is 13.9. The van der Waals surface area contributed by atoms with Gasteiger partial charge in [0, 0.05) is 0 Å². The molecule has 0 aromatic heterocycles. The van der Waals surface area contributed by atoms with Crippen LogP contribution in [0.25, 0.3) is 0 Å². The Morgan fingerprint density at radius 1 is 0.758 bits per heavy atom. The van der Waals surface area contributed by atoms with Gasteiger partial charge >= 0.3 is 41.5 Å². The summed E-state index contributed by atoms with van der Waals surface area (Å²) in [6.07, 6.45) is 11.5. The standard InChI is InChI=1S/C24H46O7S.Na/c1-5-9-11-13-15-20(7-3)18-30-23(25)17-22(32(27,28)29)24(26)31-19-21(8-4)16-14-12-10-6-2;/h20-22H,5-19H2,1-4H3,(H,27,28,29);/q;+1/p-1.